The van der Waals surface area contributed by atoms with Crippen LogP contribution in [0.15, 0.2) is 25.3 Å². The zero-order valence-corrected chi connectivity index (χ0v) is 20.3. The van der Waals surface area contributed by atoms with Crippen LogP contribution in [0.2, 0.25) is 0 Å². The van der Waals surface area contributed by atoms with Crippen LogP contribution in [0.3, 0.4) is 0 Å². The molecule has 0 aromatic rings. The number of aliphatic hydroxyl groups excluding tert-OH is 1. The van der Waals surface area contributed by atoms with Gasteiger partial charge in [0.05, 0.1) is 24.0 Å². The van der Waals surface area contributed by atoms with Crippen LogP contribution in [0.5, 0.6) is 0 Å². The summed E-state index contributed by atoms with van der Waals surface area (Å²) in [6, 6.07) is -0.852. The second-order valence-electron chi connectivity index (χ2n) is 9.52. The van der Waals surface area contributed by atoms with Crippen LogP contribution in [0.25, 0.3) is 0 Å². The Morgan fingerprint density at radius 2 is 1.91 bits per heavy atom. The van der Waals surface area contributed by atoms with Gasteiger partial charge in [0.1, 0.15) is 11.6 Å². The van der Waals surface area contributed by atoms with Gasteiger partial charge in [0.2, 0.25) is 17.7 Å². The van der Waals surface area contributed by atoms with Gasteiger partial charge in [-0.05, 0) is 25.7 Å². The predicted octanol–water partition coefficient (Wildman–Crippen LogP) is 1.59. The standard InChI is InChI=1S/C25H39N3O5/c1-6-10-15-27(14-8-3)23(32)20-25-12-11-24(9-4,33-25)18(21(30)26(5)13-7-2)19(25)22(31)28(20)16-17-29/h7-8,18-20,29H,2-3,6,9-17H2,1,4-5H3/t18-,19+,20?,24+,25?/m1/s1. The summed E-state index contributed by atoms with van der Waals surface area (Å²) in [7, 11) is 1.70. The highest BCUT2D eigenvalue weighted by atomic mass is 16.5. The molecule has 3 fully saturated rings. The van der Waals surface area contributed by atoms with E-state index in [-0.39, 0.29) is 30.9 Å². The molecule has 8 nitrogen and oxygen atoms in total. The molecule has 3 saturated heterocycles. The van der Waals surface area contributed by atoms with Gasteiger partial charge in [-0.2, -0.15) is 0 Å². The fourth-order valence-electron chi connectivity index (χ4n) is 6.21. The number of amides is 3. The van der Waals surface area contributed by atoms with E-state index in [4.69, 9.17) is 4.74 Å². The average molecular weight is 462 g/mol. The van der Waals surface area contributed by atoms with Gasteiger partial charge in [-0.25, -0.2) is 0 Å². The number of carbonyl (C=O) groups excluding carboxylic acids is 3. The van der Waals surface area contributed by atoms with Gasteiger partial charge in [-0.1, -0.05) is 32.4 Å². The molecule has 1 spiro atoms. The van der Waals surface area contributed by atoms with Gasteiger partial charge >= 0.3 is 0 Å². The minimum atomic E-state index is -1.06. The molecule has 8 heteroatoms. The van der Waals surface area contributed by atoms with Crippen LogP contribution in [0, 0.1) is 11.8 Å². The van der Waals surface area contributed by atoms with Crippen LogP contribution < -0.4 is 0 Å². The first-order valence-electron chi connectivity index (χ1n) is 12.2. The Kier molecular flexibility index (Phi) is 7.69. The molecule has 2 unspecified atom stereocenters. The van der Waals surface area contributed by atoms with E-state index in [2.05, 4.69) is 20.1 Å². The molecule has 3 aliphatic heterocycles. The van der Waals surface area contributed by atoms with Gasteiger partial charge in [0.15, 0.2) is 0 Å². The molecule has 3 rings (SSSR count). The number of hydrogen-bond donors (Lipinski definition) is 1. The topological polar surface area (TPSA) is 90.4 Å². The van der Waals surface area contributed by atoms with Crippen molar-refractivity contribution in [2.24, 2.45) is 11.8 Å². The maximum atomic E-state index is 13.9. The fraction of sp³-hybridized carbons (Fsp3) is 0.720. The minimum absolute atomic E-state index is 0.0368. The van der Waals surface area contributed by atoms with E-state index >= 15 is 0 Å². The third-order valence-corrected chi connectivity index (χ3v) is 7.74. The van der Waals surface area contributed by atoms with E-state index in [0.29, 0.717) is 38.9 Å². The molecule has 0 radical (unpaired) electrons. The molecule has 0 aromatic heterocycles. The summed E-state index contributed by atoms with van der Waals surface area (Å²) >= 11 is 0. The van der Waals surface area contributed by atoms with E-state index in [9.17, 15) is 19.5 Å². The smallest absolute Gasteiger partial charge is 0.248 e. The van der Waals surface area contributed by atoms with Gasteiger partial charge in [0, 0.05) is 33.2 Å². The highest BCUT2D eigenvalue weighted by molar-refractivity contribution is 5.99. The van der Waals surface area contributed by atoms with Gasteiger partial charge < -0.3 is 24.5 Å². The molecule has 2 bridgehead atoms. The molecule has 5 atom stereocenters. The normalized spacial score (nSPS) is 32.1. The lowest BCUT2D eigenvalue weighted by Crippen LogP contribution is -2.56. The number of likely N-dealkylation sites (N-methyl/N-ethyl adjacent to an activating group) is 1. The van der Waals surface area contributed by atoms with E-state index in [1.165, 1.54) is 4.90 Å². The summed E-state index contributed by atoms with van der Waals surface area (Å²) in [5.74, 6) is -1.99. The van der Waals surface area contributed by atoms with Crippen molar-refractivity contribution in [1.29, 1.82) is 0 Å². The Balaban J connectivity index is 2.07. The predicted molar refractivity (Wildman–Crippen MR) is 125 cm³/mol. The highest BCUT2D eigenvalue weighted by Crippen LogP contribution is 2.64. The second-order valence-corrected chi connectivity index (χ2v) is 9.52. The molecular weight excluding hydrogens is 422 g/mol. The summed E-state index contributed by atoms with van der Waals surface area (Å²) in [6.45, 7) is 12.6. The lowest BCUT2D eigenvalue weighted by atomic mass is 9.64. The van der Waals surface area contributed by atoms with E-state index in [0.717, 1.165) is 12.8 Å². The molecule has 3 heterocycles. The number of nitrogens with zero attached hydrogens (tertiary/aromatic N) is 3. The average Bonchev–Trinajstić information content (AvgIpc) is 3.40. The summed E-state index contributed by atoms with van der Waals surface area (Å²) in [5, 5.41) is 9.73. The summed E-state index contributed by atoms with van der Waals surface area (Å²) in [5.41, 5.74) is -1.82. The zero-order chi connectivity index (χ0) is 24.4. The lowest BCUT2D eigenvalue weighted by Gasteiger charge is -2.36. The van der Waals surface area contributed by atoms with Crippen LogP contribution in [-0.2, 0) is 19.1 Å². The largest absolute Gasteiger partial charge is 0.395 e. The Morgan fingerprint density at radius 1 is 1.21 bits per heavy atom. The Labute approximate surface area is 197 Å². The SMILES string of the molecule is C=CCN(C)C(=O)[C@H]1[C@H]2C(=O)N(CCO)C(C(=O)N(CC=C)CCCC)C23CC[C@]1(CC)O3. The first kappa shape index (κ1) is 25.4. The van der Waals surface area contributed by atoms with Crippen LogP contribution in [0.1, 0.15) is 46.0 Å². The molecule has 1 N–H and O–H groups in total. The quantitative estimate of drug-likeness (QED) is 0.446. The van der Waals surface area contributed by atoms with Crippen molar-refractivity contribution in [3.05, 3.63) is 25.3 Å². The van der Waals surface area contributed by atoms with Gasteiger partial charge in [0.25, 0.3) is 0 Å². The number of unbranched alkanes of at least 4 members (excludes halogenated alkanes) is 1. The Hall–Kier alpha value is -2.19. The summed E-state index contributed by atoms with van der Waals surface area (Å²) in [6.07, 6.45) is 6.86. The van der Waals surface area contributed by atoms with E-state index < -0.39 is 29.1 Å². The maximum absolute atomic E-state index is 13.9. The van der Waals surface area contributed by atoms with Crippen molar-refractivity contribution in [2.75, 3.05) is 39.8 Å². The van der Waals surface area contributed by atoms with Crippen molar-refractivity contribution >= 4 is 17.7 Å². The first-order valence-corrected chi connectivity index (χ1v) is 12.2. The number of rotatable bonds is 12. The number of fused-ring (bicyclic) bond motifs is 1. The van der Waals surface area contributed by atoms with Crippen molar-refractivity contribution in [2.45, 2.75) is 63.2 Å². The molecule has 0 aliphatic carbocycles. The van der Waals surface area contributed by atoms with E-state index in [1.54, 1.807) is 29.0 Å². The Bertz CT molecular complexity index is 801. The highest BCUT2D eigenvalue weighted by Gasteiger charge is 2.78. The molecule has 33 heavy (non-hydrogen) atoms. The van der Waals surface area contributed by atoms with Crippen LogP contribution in [-0.4, -0.2) is 94.6 Å². The number of ether oxygens (including phenoxy) is 1. The summed E-state index contributed by atoms with van der Waals surface area (Å²) < 4.78 is 6.71. The van der Waals surface area contributed by atoms with E-state index in [1.807, 2.05) is 6.92 Å². The fourth-order valence-corrected chi connectivity index (χ4v) is 6.21. The Morgan fingerprint density at radius 3 is 2.48 bits per heavy atom. The molecule has 3 aliphatic rings. The molecule has 0 aromatic carbocycles. The van der Waals surface area contributed by atoms with Crippen molar-refractivity contribution in [3.8, 4) is 0 Å². The van der Waals surface area contributed by atoms with Crippen molar-refractivity contribution in [1.82, 2.24) is 14.7 Å². The number of likely N-dealkylation sites (tertiary alicyclic amines) is 1. The molecule has 3 amide bonds. The number of hydrogen-bond acceptors (Lipinski definition) is 5. The monoisotopic (exact) mass is 461 g/mol. The molecular formula is C25H39N3O5. The first-order chi connectivity index (χ1) is 15.8. The summed E-state index contributed by atoms with van der Waals surface area (Å²) in [4.78, 5) is 46.0. The minimum Gasteiger partial charge on any atom is -0.395 e. The van der Waals surface area contributed by atoms with Crippen molar-refractivity contribution in [3.63, 3.8) is 0 Å². The molecule has 184 valence electrons. The van der Waals surface area contributed by atoms with Crippen molar-refractivity contribution < 1.29 is 24.2 Å². The second kappa shape index (κ2) is 9.97. The lowest BCUT2D eigenvalue weighted by molar-refractivity contribution is -0.155. The number of β-amino-alcohol motifs (C(OH)–C–C–N with tert-alkyl or cyclic N) is 1. The maximum Gasteiger partial charge on any atom is 0.248 e. The van der Waals surface area contributed by atoms with Crippen LogP contribution in [0.4, 0.5) is 0 Å². The number of carbonyl (C=O) groups is 3. The van der Waals surface area contributed by atoms with Crippen LogP contribution >= 0.6 is 0 Å². The molecule has 0 saturated carbocycles. The van der Waals surface area contributed by atoms with Gasteiger partial charge in [-0.3, -0.25) is 14.4 Å². The zero-order valence-electron chi connectivity index (χ0n) is 20.3. The number of aliphatic hydroxyl groups is 1. The van der Waals surface area contributed by atoms with Gasteiger partial charge in [-0.15, -0.1) is 13.2 Å². The third kappa shape index (κ3) is 3.91. The third-order valence-electron chi connectivity index (χ3n) is 7.74.